The number of nitrogens with zero attached hydrogens (tertiary/aromatic N) is 1. The van der Waals surface area contributed by atoms with Crippen molar-refractivity contribution in [3.05, 3.63) is 28.5 Å². The van der Waals surface area contributed by atoms with Crippen molar-refractivity contribution >= 4 is 27.5 Å². The van der Waals surface area contributed by atoms with E-state index in [1.54, 1.807) is 0 Å². The zero-order valence-electron chi connectivity index (χ0n) is 9.39. The number of carbonyl (C=O) groups excluding carboxylic acids is 1. The van der Waals surface area contributed by atoms with Crippen molar-refractivity contribution in [1.82, 2.24) is 0 Å². The van der Waals surface area contributed by atoms with Crippen LogP contribution < -0.4 is 4.90 Å². The van der Waals surface area contributed by atoms with Gasteiger partial charge in [0.1, 0.15) is 5.82 Å². The average Bonchev–Trinajstić information content (AvgIpc) is 2.24. The van der Waals surface area contributed by atoms with Crippen molar-refractivity contribution < 1.29 is 22.4 Å². The van der Waals surface area contributed by atoms with Gasteiger partial charge in [0, 0.05) is 17.9 Å². The van der Waals surface area contributed by atoms with Gasteiger partial charge in [-0.05, 0) is 18.2 Å². The van der Waals surface area contributed by atoms with Gasteiger partial charge in [0.2, 0.25) is 5.91 Å². The predicted molar refractivity (Wildman–Crippen MR) is 62.8 cm³/mol. The first-order valence-corrected chi connectivity index (χ1v) is 5.78. The molecule has 2 nitrogen and oxygen atoms in total. The molecule has 0 unspecified atom stereocenters. The SMILES string of the molecule is CN(C(=O)CCC(F)(F)F)c1ccc(Br)cc1F. The number of anilines is 1. The molecule has 18 heavy (non-hydrogen) atoms. The van der Waals surface area contributed by atoms with Crippen molar-refractivity contribution in [2.45, 2.75) is 19.0 Å². The van der Waals surface area contributed by atoms with Crippen molar-refractivity contribution in [1.29, 1.82) is 0 Å². The van der Waals surface area contributed by atoms with E-state index in [2.05, 4.69) is 15.9 Å². The van der Waals surface area contributed by atoms with Gasteiger partial charge in [-0.3, -0.25) is 4.79 Å². The fourth-order valence-electron chi connectivity index (χ4n) is 1.30. The summed E-state index contributed by atoms with van der Waals surface area (Å²) < 4.78 is 49.9. The van der Waals surface area contributed by atoms with Crippen LogP contribution in [0.25, 0.3) is 0 Å². The van der Waals surface area contributed by atoms with Crippen LogP contribution in [0.1, 0.15) is 12.8 Å². The van der Waals surface area contributed by atoms with Crippen LogP contribution in [0.4, 0.5) is 23.2 Å². The van der Waals surface area contributed by atoms with E-state index in [-0.39, 0.29) is 5.69 Å². The Labute approximate surface area is 110 Å². The lowest BCUT2D eigenvalue weighted by Gasteiger charge is -2.18. The Kier molecular flexibility index (Phi) is 4.72. The zero-order valence-corrected chi connectivity index (χ0v) is 11.0. The van der Waals surface area contributed by atoms with E-state index in [4.69, 9.17) is 0 Å². The van der Waals surface area contributed by atoms with Gasteiger partial charge in [0.05, 0.1) is 12.1 Å². The lowest BCUT2D eigenvalue weighted by Crippen LogP contribution is -2.28. The molecule has 0 aliphatic rings. The van der Waals surface area contributed by atoms with Crippen LogP contribution in [-0.2, 0) is 4.79 Å². The van der Waals surface area contributed by atoms with Crippen LogP contribution >= 0.6 is 15.9 Å². The Bertz CT molecular complexity index is 447. The molecule has 0 aliphatic carbocycles. The Morgan fingerprint density at radius 2 is 2.00 bits per heavy atom. The third kappa shape index (κ3) is 4.29. The summed E-state index contributed by atoms with van der Waals surface area (Å²) in [6.07, 6.45) is -6.31. The number of hydrogen-bond acceptors (Lipinski definition) is 1. The fourth-order valence-corrected chi connectivity index (χ4v) is 1.64. The Balaban J connectivity index is 2.74. The molecular formula is C11H10BrF4NO. The number of rotatable bonds is 3. The largest absolute Gasteiger partial charge is 0.389 e. The number of halogens is 5. The average molecular weight is 328 g/mol. The molecule has 0 spiro atoms. The van der Waals surface area contributed by atoms with Crippen molar-refractivity contribution in [3.63, 3.8) is 0 Å². The van der Waals surface area contributed by atoms with Crippen LogP contribution in [-0.4, -0.2) is 19.1 Å². The summed E-state index contributed by atoms with van der Waals surface area (Å²) in [5, 5.41) is 0. The lowest BCUT2D eigenvalue weighted by atomic mass is 10.2. The molecule has 100 valence electrons. The molecule has 0 N–H and O–H groups in total. The monoisotopic (exact) mass is 327 g/mol. The summed E-state index contributed by atoms with van der Waals surface area (Å²) in [5.74, 6) is -1.46. The van der Waals surface area contributed by atoms with Crippen LogP contribution in [0.15, 0.2) is 22.7 Å². The molecule has 1 aromatic carbocycles. The Hall–Kier alpha value is -1.11. The molecule has 0 radical (unpaired) electrons. The van der Waals surface area contributed by atoms with Crippen molar-refractivity contribution in [2.24, 2.45) is 0 Å². The van der Waals surface area contributed by atoms with Gasteiger partial charge in [-0.1, -0.05) is 15.9 Å². The number of alkyl halides is 3. The van der Waals surface area contributed by atoms with E-state index in [1.165, 1.54) is 19.2 Å². The molecule has 0 atom stereocenters. The molecule has 1 aromatic rings. The second-order valence-electron chi connectivity index (χ2n) is 3.66. The highest BCUT2D eigenvalue weighted by Gasteiger charge is 2.29. The maximum absolute atomic E-state index is 13.5. The number of hydrogen-bond donors (Lipinski definition) is 0. The number of benzene rings is 1. The van der Waals surface area contributed by atoms with Crippen LogP contribution in [0, 0.1) is 5.82 Å². The minimum Gasteiger partial charge on any atom is -0.313 e. The van der Waals surface area contributed by atoms with Crippen molar-refractivity contribution in [2.75, 3.05) is 11.9 Å². The first-order chi connectivity index (χ1) is 8.20. The van der Waals surface area contributed by atoms with Gasteiger partial charge in [-0.15, -0.1) is 0 Å². The van der Waals surface area contributed by atoms with Gasteiger partial charge in [0.15, 0.2) is 0 Å². The third-order valence-electron chi connectivity index (χ3n) is 2.27. The molecule has 1 rings (SSSR count). The van der Waals surface area contributed by atoms with Gasteiger partial charge in [-0.25, -0.2) is 4.39 Å². The van der Waals surface area contributed by atoms with Gasteiger partial charge in [0.25, 0.3) is 0 Å². The number of amides is 1. The van der Waals surface area contributed by atoms with Crippen molar-refractivity contribution in [3.8, 4) is 0 Å². The first kappa shape index (κ1) is 14.9. The summed E-state index contributed by atoms with van der Waals surface area (Å²) in [4.78, 5) is 12.4. The summed E-state index contributed by atoms with van der Waals surface area (Å²) >= 11 is 3.05. The highest BCUT2D eigenvalue weighted by atomic mass is 79.9. The second kappa shape index (κ2) is 5.69. The molecule has 0 heterocycles. The summed E-state index contributed by atoms with van der Waals surface area (Å²) in [5.41, 5.74) is -0.0506. The molecule has 0 aromatic heterocycles. The van der Waals surface area contributed by atoms with E-state index in [9.17, 15) is 22.4 Å². The maximum Gasteiger partial charge on any atom is 0.389 e. The lowest BCUT2D eigenvalue weighted by molar-refractivity contribution is -0.142. The maximum atomic E-state index is 13.5. The van der Waals surface area contributed by atoms with E-state index in [1.807, 2.05) is 0 Å². The molecule has 0 aliphatic heterocycles. The summed E-state index contributed by atoms with van der Waals surface area (Å²) in [6.45, 7) is 0. The van der Waals surface area contributed by atoms with E-state index in [0.29, 0.717) is 4.47 Å². The summed E-state index contributed by atoms with van der Waals surface area (Å²) in [7, 11) is 1.24. The van der Waals surface area contributed by atoms with Crippen LogP contribution in [0.3, 0.4) is 0 Å². The zero-order chi connectivity index (χ0) is 13.9. The highest BCUT2D eigenvalue weighted by Crippen LogP contribution is 2.25. The quantitative estimate of drug-likeness (QED) is 0.771. The normalized spacial score (nSPS) is 11.4. The number of carbonyl (C=O) groups is 1. The molecule has 0 saturated heterocycles. The standard InChI is InChI=1S/C11H10BrF4NO/c1-17(10(18)4-5-11(14,15)16)9-3-2-7(12)6-8(9)13/h2-3,6H,4-5H2,1H3. The van der Waals surface area contributed by atoms with Crippen LogP contribution in [0.2, 0.25) is 0 Å². The first-order valence-electron chi connectivity index (χ1n) is 4.99. The molecule has 7 heteroatoms. The molecule has 1 amide bonds. The molecule has 0 fully saturated rings. The van der Waals surface area contributed by atoms with Gasteiger partial charge < -0.3 is 4.90 Å². The van der Waals surface area contributed by atoms with E-state index < -0.39 is 30.7 Å². The van der Waals surface area contributed by atoms with E-state index in [0.717, 1.165) is 11.0 Å². The Morgan fingerprint density at radius 3 is 2.50 bits per heavy atom. The summed E-state index contributed by atoms with van der Waals surface area (Å²) in [6, 6.07) is 3.97. The van der Waals surface area contributed by atoms with Gasteiger partial charge in [-0.2, -0.15) is 13.2 Å². The third-order valence-corrected chi connectivity index (χ3v) is 2.76. The highest BCUT2D eigenvalue weighted by molar-refractivity contribution is 9.10. The smallest absolute Gasteiger partial charge is 0.313 e. The minimum atomic E-state index is -4.39. The fraction of sp³-hybridized carbons (Fsp3) is 0.364. The van der Waals surface area contributed by atoms with E-state index >= 15 is 0 Å². The predicted octanol–water partition coefficient (Wildman–Crippen LogP) is 3.89. The molecule has 0 bridgehead atoms. The minimum absolute atomic E-state index is 0.0506. The molecular weight excluding hydrogens is 318 g/mol. The van der Waals surface area contributed by atoms with Gasteiger partial charge >= 0.3 is 6.18 Å². The molecule has 0 saturated carbocycles. The Morgan fingerprint density at radius 1 is 1.39 bits per heavy atom. The second-order valence-corrected chi connectivity index (χ2v) is 4.58. The van der Waals surface area contributed by atoms with Crippen LogP contribution in [0.5, 0.6) is 0 Å². The topological polar surface area (TPSA) is 20.3 Å².